The Morgan fingerprint density at radius 3 is 2.62 bits per heavy atom. The second-order valence-electron chi connectivity index (χ2n) is 7.21. The topological polar surface area (TPSA) is 100 Å². The van der Waals surface area contributed by atoms with Gasteiger partial charge in [-0.15, -0.1) is 5.10 Å². The predicted molar refractivity (Wildman–Crippen MR) is 104 cm³/mol. The highest BCUT2D eigenvalue weighted by Gasteiger charge is 2.32. The van der Waals surface area contributed by atoms with E-state index in [-0.39, 0.29) is 35.6 Å². The number of hydrogen-bond acceptors (Lipinski definition) is 6. The molecule has 11 heteroatoms. The number of halogens is 1. The molecule has 1 aliphatic rings. The van der Waals surface area contributed by atoms with Crippen molar-refractivity contribution < 1.29 is 17.6 Å². The van der Waals surface area contributed by atoms with Gasteiger partial charge >= 0.3 is 0 Å². The third-order valence-electron chi connectivity index (χ3n) is 4.84. The van der Waals surface area contributed by atoms with E-state index in [1.165, 1.54) is 22.5 Å². The number of hydrogen-bond donors (Lipinski definition) is 1. The molecule has 3 rings (SSSR count). The molecule has 29 heavy (non-hydrogen) atoms. The van der Waals surface area contributed by atoms with Crippen LogP contribution in [0.3, 0.4) is 0 Å². The van der Waals surface area contributed by atoms with Crippen LogP contribution < -0.4 is 5.32 Å². The second kappa shape index (κ2) is 8.97. The fourth-order valence-electron chi connectivity index (χ4n) is 3.18. The third-order valence-corrected chi connectivity index (χ3v) is 6.77. The minimum absolute atomic E-state index is 0.0714. The zero-order valence-corrected chi connectivity index (χ0v) is 17.3. The van der Waals surface area contributed by atoms with E-state index in [1.54, 1.807) is 10.9 Å². The zero-order valence-electron chi connectivity index (χ0n) is 16.5. The number of piperidine rings is 1. The minimum atomic E-state index is -3.88. The molecular formula is C18H25FN6O3S. The third kappa shape index (κ3) is 4.98. The number of rotatable bonds is 7. The van der Waals surface area contributed by atoms with Crippen molar-refractivity contribution in [3.8, 4) is 0 Å². The van der Waals surface area contributed by atoms with Crippen molar-refractivity contribution in [2.24, 2.45) is 0 Å². The first-order valence-electron chi connectivity index (χ1n) is 9.38. The molecule has 0 atom stereocenters. The van der Waals surface area contributed by atoms with Crippen LogP contribution in [0, 0.1) is 5.82 Å². The Bertz CT molecular complexity index is 954. The number of benzene rings is 1. The van der Waals surface area contributed by atoms with Crippen molar-refractivity contribution in [2.75, 3.05) is 40.3 Å². The molecule has 9 nitrogen and oxygen atoms in total. The Labute approximate surface area is 169 Å². The fraction of sp³-hybridized carbons (Fsp3) is 0.500. The van der Waals surface area contributed by atoms with Crippen LogP contribution >= 0.6 is 0 Å². The Hall–Kier alpha value is -2.37. The zero-order chi connectivity index (χ0) is 21.0. The molecule has 0 spiro atoms. The fourth-order valence-corrected chi connectivity index (χ4v) is 4.72. The lowest BCUT2D eigenvalue weighted by Crippen LogP contribution is -2.39. The van der Waals surface area contributed by atoms with E-state index in [0.29, 0.717) is 19.4 Å². The number of amides is 1. The Morgan fingerprint density at radius 2 is 1.97 bits per heavy atom. The van der Waals surface area contributed by atoms with E-state index in [9.17, 15) is 17.6 Å². The van der Waals surface area contributed by atoms with Gasteiger partial charge in [-0.3, -0.25) is 4.79 Å². The van der Waals surface area contributed by atoms with Gasteiger partial charge in [-0.25, -0.2) is 17.5 Å². The maximum atomic E-state index is 13.9. The van der Waals surface area contributed by atoms with Gasteiger partial charge in [-0.1, -0.05) is 17.3 Å². The second-order valence-corrected chi connectivity index (χ2v) is 9.12. The summed E-state index contributed by atoms with van der Waals surface area (Å²) in [6, 6.07) is 5.30. The number of carbonyl (C=O) groups excluding carboxylic acids is 1. The molecule has 0 radical (unpaired) electrons. The predicted octanol–water partition coefficient (Wildman–Crippen LogP) is 0.734. The van der Waals surface area contributed by atoms with Crippen LogP contribution in [-0.2, 0) is 10.0 Å². The van der Waals surface area contributed by atoms with Gasteiger partial charge in [0.25, 0.3) is 5.91 Å². The standard InChI is InChI=1S/C18H25FN6O3S/c1-23(2)12-9-20-18(26)16-13-25(22-21-16)14-7-10-24(11-8-14)29(27,28)17-6-4-3-5-15(17)19/h3-6,13-14H,7-12H2,1-2H3,(H,20,26). The lowest BCUT2D eigenvalue weighted by atomic mass is 10.1. The van der Waals surface area contributed by atoms with Crippen molar-refractivity contribution in [1.29, 1.82) is 0 Å². The normalized spacial score (nSPS) is 16.3. The van der Waals surface area contributed by atoms with Gasteiger partial charge in [0.1, 0.15) is 10.7 Å². The molecule has 1 aromatic carbocycles. The SMILES string of the molecule is CN(C)CCNC(=O)c1cn(C2CCN(S(=O)(=O)c3ccccc3F)CC2)nn1. The molecular weight excluding hydrogens is 399 g/mol. The first-order chi connectivity index (χ1) is 13.8. The number of sulfonamides is 1. The molecule has 2 aromatic rings. The van der Waals surface area contributed by atoms with Crippen molar-refractivity contribution in [2.45, 2.75) is 23.8 Å². The summed E-state index contributed by atoms with van der Waals surface area (Å²) in [5.41, 5.74) is 0.227. The van der Waals surface area contributed by atoms with Crippen molar-refractivity contribution >= 4 is 15.9 Å². The summed E-state index contributed by atoms with van der Waals surface area (Å²) in [6.45, 7) is 1.71. The van der Waals surface area contributed by atoms with Gasteiger partial charge < -0.3 is 10.2 Å². The molecule has 158 valence electrons. The van der Waals surface area contributed by atoms with Crippen LogP contribution in [-0.4, -0.2) is 78.8 Å². The summed E-state index contributed by atoms with van der Waals surface area (Å²) in [4.78, 5) is 13.8. The Morgan fingerprint density at radius 1 is 1.28 bits per heavy atom. The highest BCUT2D eigenvalue weighted by Crippen LogP contribution is 2.27. The van der Waals surface area contributed by atoms with Gasteiger partial charge in [0.2, 0.25) is 10.0 Å². The van der Waals surface area contributed by atoms with Crippen LogP contribution in [0.4, 0.5) is 4.39 Å². The van der Waals surface area contributed by atoms with Crippen LogP contribution in [0.5, 0.6) is 0 Å². The van der Waals surface area contributed by atoms with E-state index in [4.69, 9.17) is 0 Å². The highest BCUT2D eigenvalue weighted by atomic mass is 32.2. The van der Waals surface area contributed by atoms with Crippen LogP contribution in [0.25, 0.3) is 0 Å². The number of carbonyl (C=O) groups is 1. The molecule has 0 saturated carbocycles. The van der Waals surface area contributed by atoms with Crippen LogP contribution in [0.15, 0.2) is 35.4 Å². The summed E-state index contributed by atoms with van der Waals surface area (Å²) in [7, 11) is -0.0433. The van der Waals surface area contributed by atoms with Crippen molar-refractivity contribution in [1.82, 2.24) is 29.5 Å². The lowest BCUT2D eigenvalue weighted by Gasteiger charge is -2.31. The average molecular weight is 425 g/mol. The van der Waals surface area contributed by atoms with Gasteiger partial charge in [-0.2, -0.15) is 4.31 Å². The first-order valence-corrected chi connectivity index (χ1v) is 10.8. The minimum Gasteiger partial charge on any atom is -0.349 e. The summed E-state index contributed by atoms with van der Waals surface area (Å²) in [6.07, 6.45) is 2.58. The van der Waals surface area contributed by atoms with E-state index in [0.717, 1.165) is 12.6 Å². The van der Waals surface area contributed by atoms with Gasteiger partial charge in [0.05, 0.1) is 12.2 Å². The molecule has 0 unspecified atom stereocenters. The summed E-state index contributed by atoms with van der Waals surface area (Å²) in [5, 5.41) is 10.7. The van der Waals surface area contributed by atoms with Crippen molar-refractivity contribution in [3.63, 3.8) is 0 Å². The van der Waals surface area contributed by atoms with E-state index >= 15 is 0 Å². The molecule has 1 N–H and O–H groups in total. The Balaban J connectivity index is 1.59. The number of likely N-dealkylation sites (N-methyl/N-ethyl adjacent to an activating group) is 1. The van der Waals surface area contributed by atoms with E-state index in [1.807, 2.05) is 19.0 Å². The van der Waals surface area contributed by atoms with Crippen LogP contribution in [0.2, 0.25) is 0 Å². The van der Waals surface area contributed by atoms with Crippen molar-refractivity contribution in [3.05, 3.63) is 42.0 Å². The van der Waals surface area contributed by atoms with Crippen LogP contribution in [0.1, 0.15) is 29.4 Å². The lowest BCUT2D eigenvalue weighted by molar-refractivity contribution is 0.0946. The smallest absolute Gasteiger partial charge is 0.273 e. The number of nitrogens with one attached hydrogen (secondary N) is 1. The highest BCUT2D eigenvalue weighted by molar-refractivity contribution is 7.89. The molecule has 2 heterocycles. The molecule has 1 fully saturated rings. The summed E-state index contributed by atoms with van der Waals surface area (Å²) in [5.74, 6) is -1.05. The molecule has 1 aliphatic heterocycles. The van der Waals surface area contributed by atoms with Gasteiger partial charge in [0.15, 0.2) is 5.69 Å². The monoisotopic (exact) mass is 424 g/mol. The molecule has 1 aromatic heterocycles. The quantitative estimate of drug-likeness (QED) is 0.704. The van der Waals surface area contributed by atoms with E-state index < -0.39 is 15.8 Å². The Kier molecular flexibility index (Phi) is 6.60. The average Bonchev–Trinajstić information content (AvgIpc) is 3.18. The summed E-state index contributed by atoms with van der Waals surface area (Å²) < 4.78 is 42.2. The molecule has 1 amide bonds. The first kappa shape index (κ1) is 21.3. The molecule has 0 bridgehead atoms. The van der Waals surface area contributed by atoms with Gasteiger partial charge in [0, 0.05) is 26.2 Å². The summed E-state index contributed by atoms with van der Waals surface area (Å²) >= 11 is 0. The largest absolute Gasteiger partial charge is 0.349 e. The van der Waals surface area contributed by atoms with E-state index in [2.05, 4.69) is 15.6 Å². The number of nitrogens with zero attached hydrogens (tertiary/aromatic N) is 5. The molecule has 1 saturated heterocycles. The van der Waals surface area contributed by atoms with Gasteiger partial charge in [-0.05, 0) is 39.1 Å². The number of aromatic nitrogens is 3. The molecule has 0 aliphatic carbocycles. The maximum absolute atomic E-state index is 13.9. The maximum Gasteiger partial charge on any atom is 0.273 e.